The molecule has 0 aliphatic carbocycles. The normalized spacial score (nSPS) is 10.5. The lowest BCUT2D eigenvalue weighted by Crippen LogP contribution is -2.09. The number of aromatic nitrogens is 1. The summed E-state index contributed by atoms with van der Waals surface area (Å²) in [7, 11) is 1.40. The Kier molecular flexibility index (Phi) is 2.06. The fourth-order valence-electron chi connectivity index (χ4n) is 1.21. The number of hydrogen-bond donors (Lipinski definition) is 0. The van der Waals surface area contributed by atoms with E-state index in [1.165, 1.54) is 17.2 Å². The zero-order valence-corrected chi connectivity index (χ0v) is 8.00. The van der Waals surface area contributed by atoms with Crippen molar-refractivity contribution >= 4 is 27.4 Å². The van der Waals surface area contributed by atoms with Crippen LogP contribution >= 0.6 is 11.3 Å². The van der Waals surface area contributed by atoms with Crippen molar-refractivity contribution in [3.63, 3.8) is 0 Å². The summed E-state index contributed by atoms with van der Waals surface area (Å²) in [6, 6.07) is 2.04. The first-order valence-corrected chi connectivity index (χ1v) is 4.77. The number of thiophene rings is 1. The Morgan fingerprint density at radius 2 is 2.46 bits per heavy atom. The smallest absolute Gasteiger partial charge is 0.325 e. The van der Waals surface area contributed by atoms with Crippen molar-refractivity contribution in [2.24, 2.45) is 0 Å². The first-order valence-electron chi connectivity index (χ1n) is 3.89. The third-order valence-corrected chi connectivity index (χ3v) is 2.72. The van der Waals surface area contributed by atoms with E-state index in [1.54, 1.807) is 11.3 Å². The van der Waals surface area contributed by atoms with Crippen molar-refractivity contribution in [1.82, 2.24) is 4.57 Å². The molecule has 13 heavy (non-hydrogen) atoms. The predicted molar refractivity (Wildman–Crippen MR) is 51.8 cm³/mol. The number of hydrogen-bond acceptors (Lipinski definition) is 3. The van der Waals surface area contributed by atoms with Gasteiger partial charge in [0.1, 0.15) is 6.54 Å². The maximum Gasteiger partial charge on any atom is 0.325 e. The van der Waals surface area contributed by atoms with Crippen LogP contribution in [0.1, 0.15) is 0 Å². The summed E-state index contributed by atoms with van der Waals surface area (Å²) >= 11 is 1.67. The van der Waals surface area contributed by atoms with E-state index in [0.717, 1.165) is 0 Å². The SMILES string of the molecule is COC(=O)Cn1cc2ccsc2c1. The van der Waals surface area contributed by atoms with Gasteiger partial charge in [-0.1, -0.05) is 0 Å². The molecule has 0 radical (unpaired) electrons. The lowest BCUT2D eigenvalue weighted by atomic mass is 10.4. The van der Waals surface area contributed by atoms with Gasteiger partial charge in [-0.25, -0.2) is 0 Å². The van der Waals surface area contributed by atoms with Crippen molar-refractivity contribution in [2.75, 3.05) is 7.11 Å². The molecule has 0 aliphatic heterocycles. The average molecular weight is 195 g/mol. The molecule has 4 heteroatoms. The monoisotopic (exact) mass is 195 g/mol. The van der Waals surface area contributed by atoms with Crippen LogP contribution in [0.4, 0.5) is 0 Å². The van der Waals surface area contributed by atoms with E-state index in [2.05, 4.69) is 4.74 Å². The van der Waals surface area contributed by atoms with Crippen LogP contribution in [0.5, 0.6) is 0 Å². The second-order valence-corrected chi connectivity index (χ2v) is 3.69. The molecule has 0 fully saturated rings. The van der Waals surface area contributed by atoms with E-state index >= 15 is 0 Å². The summed E-state index contributed by atoms with van der Waals surface area (Å²) in [6.45, 7) is 0.290. The maximum absolute atomic E-state index is 10.9. The molecule has 2 aromatic heterocycles. The highest BCUT2D eigenvalue weighted by Crippen LogP contribution is 2.21. The molecule has 0 N–H and O–H groups in total. The molecule has 0 aromatic carbocycles. The van der Waals surface area contributed by atoms with Gasteiger partial charge < -0.3 is 9.30 Å². The Morgan fingerprint density at radius 3 is 3.15 bits per heavy atom. The third kappa shape index (κ3) is 1.58. The van der Waals surface area contributed by atoms with Crippen molar-refractivity contribution in [2.45, 2.75) is 6.54 Å². The number of fused-ring (bicyclic) bond motifs is 1. The summed E-state index contributed by atoms with van der Waals surface area (Å²) in [5, 5.41) is 3.21. The Morgan fingerprint density at radius 1 is 1.62 bits per heavy atom. The highest BCUT2D eigenvalue weighted by molar-refractivity contribution is 7.17. The summed E-state index contributed by atoms with van der Waals surface area (Å²) in [6.07, 6.45) is 3.90. The first-order chi connectivity index (χ1) is 6.29. The van der Waals surface area contributed by atoms with Gasteiger partial charge in [0.2, 0.25) is 0 Å². The van der Waals surface area contributed by atoms with Gasteiger partial charge in [-0.15, -0.1) is 11.3 Å². The molecule has 2 rings (SSSR count). The van der Waals surface area contributed by atoms with Gasteiger partial charge in [-0.05, 0) is 11.4 Å². The zero-order valence-electron chi connectivity index (χ0n) is 7.19. The van der Waals surface area contributed by atoms with E-state index in [0.29, 0.717) is 0 Å². The van der Waals surface area contributed by atoms with Crippen molar-refractivity contribution in [3.8, 4) is 0 Å². The first kappa shape index (κ1) is 8.31. The molecule has 2 heterocycles. The van der Waals surface area contributed by atoms with Crippen LogP contribution in [-0.2, 0) is 16.1 Å². The fourth-order valence-corrected chi connectivity index (χ4v) is 2.03. The molecule has 0 unspecified atom stereocenters. The number of carbonyl (C=O) groups is 1. The lowest BCUT2D eigenvalue weighted by molar-refractivity contribution is -0.141. The van der Waals surface area contributed by atoms with E-state index < -0.39 is 0 Å². The van der Waals surface area contributed by atoms with E-state index in [4.69, 9.17) is 0 Å². The number of rotatable bonds is 2. The molecule has 0 bridgehead atoms. The van der Waals surface area contributed by atoms with Gasteiger partial charge in [0.25, 0.3) is 0 Å². The molecule has 68 valence electrons. The van der Waals surface area contributed by atoms with Crippen LogP contribution in [0.15, 0.2) is 23.8 Å². The number of esters is 1. The standard InChI is InChI=1S/C9H9NO2S/c1-12-9(11)6-10-4-7-2-3-13-8(7)5-10/h2-5H,6H2,1H3. The van der Waals surface area contributed by atoms with Crippen LogP contribution in [-0.4, -0.2) is 17.6 Å². The van der Waals surface area contributed by atoms with Gasteiger partial charge in [0.15, 0.2) is 0 Å². The van der Waals surface area contributed by atoms with Gasteiger partial charge in [0, 0.05) is 17.8 Å². The number of carbonyl (C=O) groups excluding carboxylic acids is 1. The zero-order chi connectivity index (χ0) is 9.26. The Labute approximate surface area is 79.5 Å². The van der Waals surface area contributed by atoms with Crippen molar-refractivity contribution < 1.29 is 9.53 Å². The molecular weight excluding hydrogens is 186 g/mol. The molecule has 0 amide bonds. The molecule has 0 saturated heterocycles. The Balaban J connectivity index is 2.25. The van der Waals surface area contributed by atoms with Gasteiger partial charge in [-0.3, -0.25) is 4.79 Å². The largest absolute Gasteiger partial charge is 0.468 e. The third-order valence-electron chi connectivity index (χ3n) is 1.85. The summed E-state index contributed by atoms with van der Waals surface area (Å²) < 4.78 is 7.61. The van der Waals surface area contributed by atoms with Crippen LogP contribution in [0, 0.1) is 0 Å². The topological polar surface area (TPSA) is 31.2 Å². The second kappa shape index (κ2) is 3.22. The average Bonchev–Trinajstić information content (AvgIpc) is 2.63. The summed E-state index contributed by atoms with van der Waals surface area (Å²) in [5.41, 5.74) is 0. The van der Waals surface area contributed by atoms with Gasteiger partial charge in [0.05, 0.1) is 11.8 Å². The summed E-state index contributed by atoms with van der Waals surface area (Å²) in [4.78, 5) is 10.9. The second-order valence-electron chi connectivity index (χ2n) is 2.75. The molecule has 0 aliphatic rings. The molecule has 0 atom stereocenters. The molecule has 0 saturated carbocycles. The minimum absolute atomic E-state index is 0.220. The highest BCUT2D eigenvalue weighted by Gasteiger charge is 2.03. The molecular formula is C9H9NO2S. The maximum atomic E-state index is 10.9. The van der Waals surface area contributed by atoms with Crippen molar-refractivity contribution in [1.29, 1.82) is 0 Å². The van der Waals surface area contributed by atoms with Gasteiger partial charge >= 0.3 is 5.97 Å². The fraction of sp³-hybridized carbons (Fsp3) is 0.222. The summed E-state index contributed by atoms with van der Waals surface area (Å²) in [5.74, 6) is -0.220. The number of nitrogens with zero attached hydrogens (tertiary/aromatic N) is 1. The predicted octanol–water partition coefficient (Wildman–Crippen LogP) is 1.88. The Hall–Kier alpha value is -1.29. The molecule has 3 nitrogen and oxygen atoms in total. The van der Waals surface area contributed by atoms with Crippen LogP contribution in [0.25, 0.3) is 10.1 Å². The van der Waals surface area contributed by atoms with E-state index in [-0.39, 0.29) is 12.5 Å². The quantitative estimate of drug-likeness (QED) is 0.685. The number of ether oxygens (including phenoxy) is 1. The minimum Gasteiger partial charge on any atom is -0.468 e. The van der Waals surface area contributed by atoms with E-state index in [9.17, 15) is 4.79 Å². The molecule has 0 spiro atoms. The lowest BCUT2D eigenvalue weighted by Gasteiger charge is -1.98. The van der Waals surface area contributed by atoms with Crippen LogP contribution < -0.4 is 0 Å². The van der Waals surface area contributed by atoms with E-state index in [1.807, 2.05) is 28.4 Å². The van der Waals surface area contributed by atoms with Crippen LogP contribution in [0.2, 0.25) is 0 Å². The minimum atomic E-state index is -0.220. The van der Waals surface area contributed by atoms with Crippen molar-refractivity contribution in [3.05, 3.63) is 23.8 Å². The van der Waals surface area contributed by atoms with Gasteiger partial charge in [-0.2, -0.15) is 0 Å². The van der Waals surface area contributed by atoms with Crippen LogP contribution in [0.3, 0.4) is 0 Å². The Bertz CT molecular complexity index is 401. The number of methoxy groups -OCH3 is 1. The molecule has 2 aromatic rings. The highest BCUT2D eigenvalue weighted by atomic mass is 32.1.